The number of carbonyl (C=O) groups excluding carboxylic acids is 2. The highest BCUT2D eigenvalue weighted by molar-refractivity contribution is 7.89. The Morgan fingerprint density at radius 2 is 2.10 bits per heavy atom. The van der Waals surface area contributed by atoms with Gasteiger partial charge in [0.1, 0.15) is 6.54 Å². The van der Waals surface area contributed by atoms with Crippen LogP contribution in [0.25, 0.3) is 0 Å². The Hall–Kier alpha value is -2.34. The molecule has 0 radical (unpaired) electrons. The number of amides is 3. The van der Waals surface area contributed by atoms with E-state index in [1.807, 2.05) is 0 Å². The van der Waals surface area contributed by atoms with E-state index in [2.05, 4.69) is 20.0 Å². The summed E-state index contributed by atoms with van der Waals surface area (Å²) in [5.41, 5.74) is 0.274. The number of unbranched alkanes of at least 4 members (excludes halogenated alkanes) is 2. The van der Waals surface area contributed by atoms with Crippen LogP contribution in [0.3, 0.4) is 0 Å². The van der Waals surface area contributed by atoms with Crippen LogP contribution in [0.15, 0.2) is 6.20 Å². The number of halogens is 1. The molecule has 12 heteroatoms. The average Bonchev–Trinajstić information content (AvgIpc) is 3.44. The van der Waals surface area contributed by atoms with Gasteiger partial charge in [-0.2, -0.15) is 4.39 Å². The number of urea groups is 1. The van der Waals surface area contributed by atoms with Crippen LogP contribution in [0.5, 0.6) is 5.88 Å². The molecular weight excluding hydrogens is 417 g/mol. The summed E-state index contributed by atoms with van der Waals surface area (Å²) in [5.74, 6) is -1.03. The summed E-state index contributed by atoms with van der Waals surface area (Å²) in [7, 11) is -3.59. The molecule has 3 amide bonds. The first-order valence-electron chi connectivity index (χ1n) is 9.97. The number of nitrogens with zero attached hydrogens (tertiary/aromatic N) is 3. The SMILES string of the molecule is C[C@@H](NS(=O)(=O)CCCCCN1CC(=O)NC1=O)c1cnc(F)c(OCC2CC2)n1. The smallest absolute Gasteiger partial charge is 0.324 e. The number of hydrogen-bond donors (Lipinski definition) is 2. The van der Waals surface area contributed by atoms with Crippen molar-refractivity contribution in [2.24, 2.45) is 5.92 Å². The molecule has 2 fully saturated rings. The number of nitrogens with one attached hydrogen (secondary N) is 2. The van der Waals surface area contributed by atoms with E-state index in [0.29, 0.717) is 38.3 Å². The van der Waals surface area contributed by atoms with E-state index >= 15 is 0 Å². The lowest BCUT2D eigenvalue weighted by Gasteiger charge is -2.15. The molecule has 0 aromatic carbocycles. The van der Waals surface area contributed by atoms with Gasteiger partial charge in [-0.3, -0.25) is 10.1 Å². The predicted octanol–water partition coefficient (Wildman–Crippen LogP) is 1.11. The van der Waals surface area contributed by atoms with Crippen molar-refractivity contribution in [1.29, 1.82) is 0 Å². The molecule has 10 nitrogen and oxygen atoms in total. The van der Waals surface area contributed by atoms with Crippen LogP contribution in [0.4, 0.5) is 9.18 Å². The molecule has 2 heterocycles. The number of carbonyl (C=O) groups is 2. The third-order valence-corrected chi connectivity index (χ3v) is 6.42. The lowest BCUT2D eigenvalue weighted by molar-refractivity contribution is -0.118. The van der Waals surface area contributed by atoms with E-state index in [-0.39, 0.29) is 29.8 Å². The number of aromatic nitrogens is 2. The molecule has 1 aromatic heterocycles. The zero-order chi connectivity index (χ0) is 21.7. The Bertz CT molecular complexity index is 893. The topological polar surface area (TPSA) is 131 Å². The van der Waals surface area contributed by atoms with Crippen molar-refractivity contribution in [2.75, 3.05) is 25.4 Å². The van der Waals surface area contributed by atoms with Gasteiger partial charge in [-0.15, -0.1) is 0 Å². The molecule has 1 aliphatic carbocycles. The summed E-state index contributed by atoms with van der Waals surface area (Å²) >= 11 is 0. The first-order chi connectivity index (χ1) is 14.2. The van der Waals surface area contributed by atoms with Crippen LogP contribution >= 0.6 is 0 Å². The van der Waals surface area contributed by atoms with E-state index < -0.39 is 28.0 Å². The Kier molecular flexibility index (Phi) is 7.19. The normalized spacial score (nSPS) is 17.9. The van der Waals surface area contributed by atoms with E-state index in [1.165, 1.54) is 11.1 Å². The highest BCUT2D eigenvalue weighted by atomic mass is 32.2. The number of imide groups is 1. The van der Waals surface area contributed by atoms with Gasteiger partial charge in [0.15, 0.2) is 0 Å². The molecule has 1 aliphatic heterocycles. The van der Waals surface area contributed by atoms with Crippen LogP contribution < -0.4 is 14.8 Å². The van der Waals surface area contributed by atoms with E-state index in [9.17, 15) is 22.4 Å². The molecule has 1 atom stereocenters. The second kappa shape index (κ2) is 9.65. The van der Waals surface area contributed by atoms with Gasteiger partial charge in [0.05, 0.1) is 30.3 Å². The minimum atomic E-state index is -3.59. The van der Waals surface area contributed by atoms with Gasteiger partial charge in [0, 0.05) is 6.54 Å². The standard InChI is InChI=1S/C18H26FN5O5S/c1-12(14-9-20-16(19)17(21-14)29-11-13-5-6-13)23-30(27,28)8-4-2-3-7-24-10-15(25)22-18(24)26/h9,12-13,23H,2-8,10-11H2,1H3,(H,22,25,26)/t12-/m1/s1. The summed E-state index contributed by atoms with van der Waals surface area (Å²) < 4.78 is 46.3. The molecule has 0 bridgehead atoms. The molecule has 166 valence electrons. The van der Waals surface area contributed by atoms with Crippen LogP contribution in [-0.4, -0.2) is 60.7 Å². The van der Waals surface area contributed by atoms with Gasteiger partial charge in [0.25, 0.3) is 11.8 Å². The number of hydrogen-bond acceptors (Lipinski definition) is 7. The first-order valence-corrected chi connectivity index (χ1v) is 11.6. The van der Waals surface area contributed by atoms with Crippen molar-refractivity contribution in [1.82, 2.24) is 24.9 Å². The molecule has 1 aromatic rings. The fraction of sp³-hybridized carbons (Fsp3) is 0.667. The minimum Gasteiger partial charge on any atom is -0.474 e. The zero-order valence-electron chi connectivity index (χ0n) is 16.8. The lowest BCUT2D eigenvalue weighted by Crippen LogP contribution is -2.30. The van der Waals surface area contributed by atoms with Crippen LogP contribution in [-0.2, 0) is 14.8 Å². The average molecular weight is 444 g/mol. The van der Waals surface area contributed by atoms with Gasteiger partial charge in [-0.25, -0.2) is 27.9 Å². The number of rotatable bonds is 12. The molecule has 1 saturated heterocycles. The summed E-state index contributed by atoms with van der Waals surface area (Å²) in [6.45, 7) is 2.42. The molecular formula is C18H26FN5O5S. The maximum absolute atomic E-state index is 13.8. The molecule has 3 rings (SSSR count). The molecule has 2 aliphatic rings. The molecule has 0 spiro atoms. The summed E-state index contributed by atoms with van der Waals surface area (Å²) in [4.78, 5) is 31.6. The van der Waals surface area contributed by atoms with Crippen molar-refractivity contribution in [3.63, 3.8) is 0 Å². The third-order valence-electron chi connectivity index (χ3n) is 4.88. The maximum atomic E-state index is 13.8. The molecule has 0 unspecified atom stereocenters. The second-order valence-corrected chi connectivity index (χ2v) is 9.51. The van der Waals surface area contributed by atoms with Gasteiger partial charge in [-0.1, -0.05) is 6.42 Å². The summed E-state index contributed by atoms with van der Waals surface area (Å²) in [6.07, 6.45) is 4.87. The minimum absolute atomic E-state index is 0.0429. The second-order valence-electron chi connectivity index (χ2n) is 7.64. The Balaban J connectivity index is 1.42. The van der Waals surface area contributed by atoms with Crippen molar-refractivity contribution in [2.45, 2.75) is 45.1 Å². The Labute approximate surface area is 174 Å². The van der Waals surface area contributed by atoms with E-state index in [1.54, 1.807) is 6.92 Å². The Morgan fingerprint density at radius 3 is 2.77 bits per heavy atom. The van der Waals surface area contributed by atoms with Gasteiger partial charge in [-0.05, 0) is 38.5 Å². The molecule has 2 N–H and O–H groups in total. The monoisotopic (exact) mass is 443 g/mol. The van der Waals surface area contributed by atoms with Gasteiger partial charge >= 0.3 is 6.03 Å². The summed E-state index contributed by atoms with van der Waals surface area (Å²) in [5, 5.41) is 2.19. The zero-order valence-corrected chi connectivity index (χ0v) is 17.6. The third kappa shape index (κ3) is 6.59. The largest absolute Gasteiger partial charge is 0.474 e. The van der Waals surface area contributed by atoms with Crippen LogP contribution in [0, 0.1) is 11.9 Å². The quantitative estimate of drug-likeness (QED) is 0.365. The Morgan fingerprint density at radius 1 is 1.33 bits per heavy atom. The fourth-order valence-corrected chi connectivity index (χ4v) is 4.34. The van der Waals surface area contributed by atoms with Crippen molar-refractivity contribution in [3.8, 4) is 5.88 Å². The maximum Gasteiger partial charge on any atom is 0.324 e. The fourth-order valence-electron chi connectivity index (χ4n) is 2.98. The first kappa shape index (κ1) is 22.3. The van der Waals surface area contributed by atoms with Crippen LogP contribution in [0.1, 0.15) is 50.8 Å². The lowest BCUT2D eigenvalue weighted by atomic mass is 10.2. The van der Waals surface area contributed by atoms with Crippen molar-refractivity contribution in [3.05, 3.63) is 17.8 Å². The van der Waals surface area contributed by atoms with Crippen molar-refractivity contribution >= 4 is 22.0 Å². The van der Waals surface area contributed by atoms with E-state index in [0.717, 1.165) is 12.8 Å². The number of sulfonamides is 1. The van der Waals surface area contributed by atoms with Gasteiger partial charge in [0.2, 0.25) is 15.9 Å². The van der Waals surface area contributed by atoms with Crippen molar-refractivity contribution < 1.29 is 27.1 Å². The molecule has 30 heavy (non-hydrogen) atoms. The highest BCUT2D eigenvalue weighted by Gasteiger charge is 2.26. The molecule has 1 saturated carbocycles. The highest BCUT2D eigenvalue weighted by Crippen LogP contribution is 2.29. The number of ether oxygens (including phenoxy) is 1. The van der Waals surface area contributed by atoms with Crippen LogP contribution in [0.2, 0.25) is 0 Å². The predicted molar refractivity (Wildman–Crippen MR) is 105 cm³/mol. The van der Waals surface area contributed by atoms with E-state index in [4.69, 9.17) is 4.74 Å². The van der Waals surface area contributed by atoms with Gasteiger partial charge < -0.3 is 9.64 Å². The summed E-state index contributed by atoms with van der Waals surface area (Å²) in [6, 6.07) is -1.10.